The lowest BCUT2D eigenvalue weighted by Gasteiger charge is -2.30. The number of nitrogens with one attached hydrogen (secondary N) is 1. The van der Waals surface area contributed by atoms with Gasteiger partial charge in [0.2, 0.25) is 5.91 Å². The lowest BCUT2D eigenvalue weighted by Crippen LogP contribution is -2.36. The first-order chi connectivity index (χ1) is 12.3. The van der Waals surface area contributed by atoms with Crippen LogP contribution < -0.4 is 5.32 Å². The van der Waals surface area contributed by atoms with Gasteiger partial charge >= 0.3 is 6.18 Å². The van der Waals surface area contributed by atoms with Crippen LogP contribution in [0.3, 0.4) is 0 Å². The Balaban J connectivity index is 0.00000364. The van der Waals surface area contributed by atoms with Crippen LogP contribution in [0.4, 0.5) is 13.2 Å². The summed E-state index contributed by atoms with van der Waals surface area (Å²) in [6.07, 6.45) is -2.13. The summed E-state index contributed by atoms with van der Waals surface area (Å²) in [6, 6.07) is 4.75. The quantitative estimate of drug-likeness (QED) is 0.705. The van der Waals surface area contributed by atoms with E-state index >= 15 is 0 Å². The zero-order valence-corrected chi connectivity index (χ0v) is 16.5. The molecule has 1 aliphatic heterocycles. The minimum absolute atomic E-state index is 0. The first-order valence-electron chi connectivity index (χ1n) is 8.99. The van der Waals surface area contributed by atoms with E-state index in [1.54, 1.807) is 25.0 Å². The zero-order chi connectivity index (χ0) is 19.2. The van der Waals surface area contributed by atoms with E-state index in [0.29, 0.717) is 31.1 Å². The van der Waals surface area contributed by atoms with Gasteiger partial charge in [0.1, 0.15) is 0 Å². The maximum atomic E-state index is 13.0. The molecule has 1 heterocycles. The van der Waals surface area contributed by atoms with Crippen molar-refractivity contribution in [2.45, 2.75) is 38.4 Å². The van der Waals surface area contributed by atoms with E-state index in [4.69, 9.17) is 4.74 Å². The van der Waals surface area contributed by atoms with Crippen LogP contribution in [0.15, 0.2) is 24.3 Å². The van der Waals surface area contributed by atoms with Gasteiger partial charge in [0, 0.05) is 20.1 Å². The van der Waals surface area contributed by atoms with E-state index in [9.17, 15) is 18.0 Å². The van der Waals surface area contributed by atoms with Crippen LogP contribution in [-0.4, -0.2) is 44.2 Å². The predicted molar refractivity (Wildman–Crippen MR) is 101 cm³/mol. The largest absolute Gasteiger partial charge is 0.416 e. The number of carbonyl (C=O) groups excluding carboxylic acids is 1. The van der Waals surface area contributed by atoms with Gasteiger partial charge in [0.25, 0.3) is 0 Å². The van der Waals surface area contributed by atoms with Crippen LogP contribution in [0, 0.1) is 5.92 Å². The molecule has 0 spiro atoms. The average molecular weight is 409 g/mol. The van der Waals surface area contributed by atoms with Crippen LogP contribution in [0.1, 0.15) is 43.4 Å². The molecule has 154 valence electrons. The van der Waals surface area contributed by atoms with Gasteiger partial charge in [-0.2, -0.15) is 13.2 Å². The summed E-state index contributed by atoms with van der Waals surface area (Å²) in [5.74, 6) is 0.450. The highest BCUT2D eigenvalue weighted by atomic mass is 35.5. The molecule has 0 aromatic heterocycles. The first-order valence-corrected chi connectivity index (χ1v) is 8.99. The monoisotopic (exact) mass is 408 g/mol. The molecule has 0 saturated carbocycles. The molecule has 0 bridgehead atoms. The van der Waals surface area contributed by atoms with Gasteiger partial charge in [-0.05, 0) is 56.5 Å². The molecular weight excluding hydrogens is 381 g/mol. The number of alkyl halides is 3. The highest BCUT2D eigenvalue weighted by Crippen LogP contribution is 2.32. The van der Waals surface area contributed by atoms with Crippen molar-refractivity contribution in [2.75, 3.05) is 33.4 Å². The summed E-state index contributed by atoms with van der Waals surface area (Å²) in [7, 11) is 1.54. The number of benzene rings is 1. The number of amides is 1. The molecule has 1 fully saturated rings. The molecule has 1 aromatic carbocycles. The normalized spacial score (nSPS) is 18.0. The second-order valence-electron chi connectivity index (χ2n) is 6.78. The van der Waals surface area contributed by atoms with Crippen molar-refractivity contribution in [3.63, 3.8) is 0 Å². The summed E-state index contributed by atoms with van der Waals surface area (Å²) in [6.45, 7) is 4.37. The summed E-state index contributed by atoms with van der Waals surface area (Å²) < 4.78 is 44.0. The predicted octanol–water partition coefficient (Wildman–Crippen LogP) is 4.05. The van der Waals surface area contributed by atoms with Crippen molar-refractivity contribution >= 4 is 18.3 Å². The maximum Gasteiger partial charge on any atom is 0.416 e. The number of methoxy groups -OCH3 is 1. The lowest BCUT2D eigenvalue weighted by atomic mass is 10.00. The molecule has 4 nitrogen and oxygen atoms in total. The van der Waals surface area contributed by atoms with E-state index in [2.05, 4.69) is 5.32 Å². The van der Waals surface area contributed by atoms with Crippen molar-refractivity contribution in [3.8, 4) is 0 Å². The molecule has 1 N–H and O–H groups in total. The van der Waals surface area contributed by atoms with Gasteiger partial charge in [0.15, 0.2) is 0 Å². The van der Waals surface area contributed by atoms with Gasteiger partial charge in [-0.25, -0.2) is 0 Å². The minimum atomic E-state index is -4.40. The van der Waals surface area contributed by atoms with E-state index in [1.165, 1.54) is 6.07 Å². The number of hydrogen-bond acceptors (Lipinski definition) is 3. The SMILES string of the molecule is COCCN(C(=O)CCC1CCNC1)C(C)c1cccc(C(F)(F)F)c1.Cl. The Morgan fingerprint density at radius 3 is 2.74 bits per heavy atom. The molecule has 27 heavy (non-hydrogen) atoms. The fraction of sp³-hybridized carbons (Fsp3) is 0.632. The smallest absolute Gasteiger partial charge is 0.383 e. The Hall–Kier alpha value is -1.31. The van der Waals surface area contributed by atoms with Crippen molar-refractivity contribution in [1.82, 2.24) is 10.2 Å². The number of nitrogens with zero attached hydrogens (tertiary/aromatic N) is 1. The lowest BCUT2D eigenvalue weighted by molar-refractivity contribution is -0.137. The van der Waals surface area contributed by atoms with Crippen molar-refractivity contribution in [1.29, 1.82) is 0 Å². The Morgan fingerprint density at radius 2 is 2.15 bits per heavy atom. The molecule has 8 heteroatoms. The Bertz CT molecular complexity index is 593. The Labute approximate surface area is 164 Å². The molecular formula is C19H28ClF3N2O2. The number of rotatable bonds is 8. The second kappa shape index (κ2) is 10.9. The number of hydrogen-bond donors (Lipinski definition) is 1. The van der Waals surface area contributed by atoms with Crippen LogP contribution in [-0.2, 0) is 15.7 Å². The van der Waals surface area contributed by atoms with E-state index in [1.807, 2.05) is 0 Å². The highest BCUT2D eigenvalue weighted by molar-refractivity contribution is 5.85. The van der Waals surface area contributed by atoms with Crippen LogP contribution >= 0.6 is 12.4 Å². The third-order valence-corrected chi connectivity index (χ3v) is 4.95. The van der Waals surface area contributed by atoms with Crippen molar-refractivity contribution in [2.24, 2.45) is 5.92 Å². The topological polar surface area (TPSA) is 41.6 Å². The minimum Gasteiger partial charge on any atom is -0.383 e. The molecule has 2 atom stereocenters. The van der Waals surface area contributed by atoms with Gasteiger partial charge in [-0.15, -0.1) is 12.4 Å². The highest BCUT2D eigenvalue weighted by Gasteiger charge is 2.31. The van der Waals surface area contributed by atoms with Crippen molar-refractivity contribution < 1.29 is 22.7 Å². The standard InChI is InChI=1S/C19H27F3N2O2.ClH/c1-14(16-4-3-5-17(12-16)19(20,21)22)24(10-11-26-2)18(25)7-6-15-8-9-23-13-15;/h3-5,12,14-15,23H,6-11,13H2,1-2H3;1H. The first kappa shape index (κ1) is 23.7. The third kappa shape index (κ3) is 6.97. The maximum absolute atomic E-state index is 13.0. The molecule has 0 radical (unpaired) electrons. The fourth-order valence-electron chi connectivity index (χ4n) is 3.31. The molecule has 1 amide bonds. The van der Waals surface area contributed by atoms with Crippen LogP contribution in [0.2, 0.25) is 0 Å². The third-order valence-electron chi connectivity index (χ3n) is 4.95. The van der Waals surface area contributed by atoms with Crippen LogP contribution in [0.25, 0.3) is 0 Å². The molecule has 1 aliphatic rings. The number of carbonyl (C=O) groups is 1. The molecule has 0 aliphatic carbocycles. The zero-order valence-electron chi connectivity index (χ0n) is 15.7. The van der Waals surface area contributed by atoms with Crippen LogP contribution in [0.5, 0.6) is 0 Å². The van der Waals surface area contributed by atoms with E-state index in [0.717, 1.165) is 38.1 Å². The molecule has 2 unspecified atom stereocenters. The summed E-state index contributed by atoms with van der Waals surface area (Å²) >= 11 is 0. The summed E-state index contributed by atoms with van der Waals surface area (Å²) in [4.78, 5) is 14.4. The second-order valence-corrected chi connectivity index (χ2v) is 6.78. The molecule has 1 aromatic rings. The van der Waals surface area contributed by atoms with E-state index < -0.39 is 17.8 Å². The number of ether oxygens (including phenoxy) is 1. The Kier molecular flexibility index (Phi) is 9.56. The number of halogens is 4. The van der Waals surface area contributed by atoms with E-state index in [-0.39, 0.29) is 18.3 Å². The summed E-state index contributed by atoms with van der Waals surface area (Å²) in [5.41, 5.74) is -0.218. The van der Waals surface area contributed by atoms with Gasteiger partial charge in [-0.1, -0.05) is 12.1 Å². The van der Waals surface area contributed by atoms with Gasteiger partial charge in [-0.3, -0.25) is 4.79 Å². The van der Waals surface area contributed by atoms with Crippen molar-refractivity contribution in [3.05, 3.63) is 35.4 Å². The molecule has 1 saturated heterocycles. The van der Waals surface area contributed by atoms with Gasteiger partial charge < -0.3 is 15.0 Å². The average Bonchev–Trinajstić information content (AvgIpc) is 3.13. The van der Waals surface area contributed by atoms with Gasteiger partial charge in [0.05, 0.1) is 18.2 Å². The fourth-order valence-corrected chi connectivity index (χ4v) is 3.31. The Morgan fingerprint density at radius 1 is 1.41 bits per heavy atom. The molecule has 2 rings (SSSR count). The summed E-state index contributed by atoms with van der Waals surface area (Å²) in [5, 5.41) is 3.28.